The Morgan fingerprint density at radius 1 is 1.12 bits per heavy atom. The first-order valence-corrected chi connectivity index (χ1v) is 13.9. The summed E-state index contributed by atoms with van der Waals surface area (Å²) in [6.45, 7) is 12.4. The highest BCUT2D eigenvalue weighted by Crippen LogP contribution is 2.24. The minimum absolute atomic E-state index is 0.178. The summed E-state index contributed by atoms with van der Waals surface area (Å²) in [6.07, 6.45) is 3.07. The lowest BCUT2D eigenvalue weighted by molar-refractivity contribution is 0.0499. The highest BCUT2D eigenvalue weighted by atomic mass is 16.6. The van der Waals surface area contributed by atoms with Gasteiger partial charge in [0.25, 0.3) is 5.56 Å². The quantitative estimate of drug-likeness (QED) is 0.344. The fraction of sp³-hybridized carbons (Fsp3) is 0.500. The summed E-state index contributed by atoms with van der Waals surface area (Å²) in [5, 5.41) is 2.95. The Hall–Kier alpha value is -4.15. The van der Waals surface area contributed by atoms with E-state index in [1.165, 1.54) is 4.57 Å². The molecule has 1 saturated heterocycles. The molecule has 220 valence electrons. The van der Waals surface area contributed by atoms with Crippen molar-refractivity contribution >= 4 is 29.0 Å². The standard InChI is InChI=1S/C30H40N6O5/c1-19(2)14-16-35-24-25(32-27(35)34-15-8-9-22(17-34)31-28(39)41-30(4,5)6)33(7)29(40)36(26(24)38)18-23(37)21-12-10-20(3)11-13-21/h10-14,22H,8-9,15-18H2,1-7H3,(H,31,39). The molecular formula is C30H40N6O5. The van der Waals surface area contributed by atoms with Crippen LogP contribution in [0.4, 0.5) is 10.7 Å². The zero-order chi connectivity index (χ0) is 30.1. The summed E-state index contributed by atoms with van der Waals surface area (Å²) < 4.78 is 9.54. The van der Waals surface area contributed by atoms with Gasteiger partial charge in [0.2, 0.25) is 5.95 Å². The van der Waals surface area contributed by atoms with Gasteiger partial charge in [-0.05, 0) is 54.4 Å². The van der Waals surface area contributed by atoms with Gasteiger partial charge in [-0.25, -0.2) is 9.59 Å². The van der Waals surface area contributed by atoms with Crippen LogP contribution in [0.25, 0.3) is 11.2 Å². The van der Waals surface area contributed by atoms with Gasteiger partial charge >= 0.3 is 11.8 Å². The number of nitrogens with zero attached hydrogens (tertiary/aromatic N) is 5. The summed E-state index contributed by atoms with van der Waals surface area (Å²) in [5.74, 6) is 0.203. The fourth-order valence-electron chi connectivity index (χ4n) is 4.91. The van der Waals surface area contributed by atoms with E-state index in [0.717, 1.165) is 28.5 Å². The van der Waals surface area contributed by atoms with Gasteiger partial charge in [-0.2, -0.15) is 4.98 Å². The van der Waals surface area contributed by atoms with Crippen LogP contribution >= 0.6 is 0 Å². The zero-order valence-electron chi connectivity index (χ0n) is 25.0. The number of aromatic nitrogens is 4. The summed E-state index contributed by atoms with van der Waals surface area (Å²) in [6, 6.07) is 6.86. The van der Waals surface area contributed by atoms with Crippen molar-refractivity contribution in [2.45, 2.75) is 79.1 Å². The lowest BCUT2D eigenvalue weighted by atomic mass is 10.1. The van der Waals surface area contributed by atoms with Crippen LogP contribution in [0.5, 0.6) is 0 Å². The topological polar surface area (TPSA) is 120 Å². The number of fused-ring (bicyclic) bond motifs is 1. The minimum atomic E-state index is -0.609. The number of amides is 1. The largest absolute Gasteiger partial charge is 0.444 e. The van der Waals surface area contributed by atoms with Crippen LogP contribution in [-0.2, 0) is 24.9 Å². The number of rotatable bonds is 7. The maximum absolute atomic E-state index is 13.9. The molecule has 1 fully saturated rings. The molecule has 3 aromatic rings. The number of nitrogens with one attached hydrogen (secondary N) is 1. The van der Waals surface area contributed by atoms with E-state index >= 15 is 0 Å². The number of anilines is 1. The van der Waals surface area contributed by atoms with Gasteiger partial charge in [0.05, 0.1) is 6.54 Å². The molecule has 11 heteroatoms. The number of carbonyl (C=O) groups is 2. The molecule has 0 saturated carbocycles. The number of ether oxygens (including phenoxy) is 1. The second-order valence-corrected chi connectivity index (χ2v) is 11.9. The molecule has 4 rings (SSSR count). The van der Waals surface area contributed by atoms with Crippen LogP contribution in [-0.4, -0.2) is 55.3 Å². The second kappa shape index (κ2) is 11.8. The minimum Gasteiger partial charge on any atom is -0.444 e. The van der Waals surface area contributed by atoms with E-state index < -0.39 is 22.9 Å². The van der Waals surface area contributed by atoms with E-state index in [1.54, 1.807) is 23.7 Å². The summed E-state index contributed by atoms with van der Waals surface area (Å²) in [5.41, 5.74) is 1.21. The van der Waals surface area contributed by atoms with Gasteiger partial charge in [-0.15, -0.1) is 0 Å². The first kappa shape index (κ1) is 29.8. The van der Waals surface area contributed by atoms with Crippen LogP contribution in [0, 0.1) is 6.92 Å². The van der Waals surface area contributed by atoms with Crippen molar-refractivity contribution in [3.63, 3.8) is 0 Å². The Morgan fingerprint density at radius 3 is 2.44 bits per heavy atom. The van der Waals surface area contributed by atoms with Crippen LogP contribution in [0.1, 0.15) is 63.4 Å². The third-order valence-corrected chi connectivity index (χ3v) is 6.99. The Labute approximate surface area is 239 Å². The van der Waals surface area contributed by atoms with Crippen molar-refractivity contribution in [2.24, 2.45) is 7.05 Å². The maximum Gasteiger partial charge on any atom is 0.407 e. The Morgan fingerprint density at radius 2 is 1.80 bits per heavy atom. The molecule has 0 bridgehead atoms. The Kier molecular flexibility index (Phi) is 8.55. The molecule has 3 heterocycles. The maximum atomic E-state index is 13.9. The average molecular weight is 565 g/mol. The van der Waals surface area contributed by atoms with Crippen molar-refractivity contribution in [1.29, 1.82) is 0 Å². The zero-order valence-corrected chi connectivity index (χ0v) is 25.0. The lowest BCUT2D eigenvalue weighted by Crippen LogP contribution is -2.49. The number of aryl methyl sites for hydroxylation is 2. The molecule has 1 atom stereocenters. The predicted molar refractivity (Wildman–Crippen MR) is 159 cm³/mol. The number of alkyl carbamates (subject to hydrolysis) is 1. The molecule has 2 aromatic heterocycles. The van der Waals surface area contributed by atoms with Crippen LogP contribution in [0.15, 0.2) is 45.5 Å². The van der Waals surface area contributed by atoms with Crippen LogP contribution in [0.3, 0.4) is 0 Å². The van der Waals surface area contributed by atoms with E-state index in [9.17, 15) is 19.2 Å². The van der Waals surface area contributed by atoms with E-state index in [1.807, 2.05) is 64.7 Å². The SMILES string of the molecule is CC(C)=CCn1c(N2CCCC(NC(=O)OC(C)(C)C)C2)nc2c1c(=O)n(CC(=O)c1ccc(C)cc1)c(=O)n2C. The molecule has 1 unspecified atom stereocenters. The van der Waals surface area contributed by atoms with E-state index in [-0.39, 0.29) is 29.5 Å². The normalized spacial score (nSPS) is 15.6. The molecule has 1 amide bonds. The van der Waals surface area contributed by atoms with Crippen molar-refractivity contribution in [3.05, 3.63) is 67.9 Å². The van der Waals surface area contributed by atoms with Crippen molar-refractivity contribution in [1.82, 2.24) is 24.0 Å². The summed E-state index contributed by atoms with van der Waals surface area (Å²) in [7, 11) is 1.56. The summed E-state index contributed by atoms with van der Waals surface area (Å²) >= 11 is 0. The molecule has 0 radical (unpaired) electrons. The third-order valence-electron chi connectivity index (χ3n) is 6.99. The molecule has 11 nitrogen and oxygen atoms in total. The molecule has 1 aliphatic heterocycles. The Bertz CT molecular complexity index is 1600. The number of allylic oxidation sites excluding steroid dienone is 2. The molecule has 1 aliphatic rings. The van der Waals surface area contributed by atoms with Crippen molar-refractivity contribution in [2.75, 3.05) is 18.0 Å². The average Bonchev–Trinajstić information content (AvgIpc) is 3.28. The van der Waals surface area contributed by atoms with Crippen molar-refractivity contribution in [3.8, 4) is 0 Å². The number of piperidine rings is 1. The second-order valence-electron chi connectivity index (χ2n) is 11.9. The van der Waals surface area contributed by atoms with Crippen molar-refractivity contribution < 1.29 is 14.3 Å². The van der Waals surface area contributed by atoms with E-state index in [2.05, 4.69) is 5.32 Å². The van der Waals surface area contributed by atoms with E-state index in [4.69, 9.17) is 9.72 Å². The van der Waals surface area contributed by atoms with E-state index in [0.29, 0.717) is 31.1 Å². The number of ketones is 1. The number of carbonyl (C=O) groups excluding carboxylic acids is 2. The number of Topliss-reactive ketones (excluding diaryl/α,β-unsaturated/α-hetero) is 1. The first-order valence-electron chi connectivity index (χ1n) is 13.9. The molecular weight excluding hydrogens is 524 g/mol. The van der Waals surface area contributed by atoms with Gasteiger partial charge in [0.1, 0.15) is 5.60 Å². The third kappa shape index (κ3) is 6.78. The highest BCUT2D eigenvalue weighted by Gasteiger charge is 2.29. The monoisotopic (exact) mass is 564 g/mol. The molecule has 41 heavy (non-hydrogen) atoms. The van der Waals surface area contributed by atoms with Crippen LogP contribution < -0.4 is 21.5 Å². The number of hydrogen-bond donors (Lipinski definition) is 1. The molecule has 1 aromatic carbocycles. The number of benzene rings is 1. The van der Waals surface area contributed by atoms with Crippen LogP contribution in [0.2, 0.25) is 0 Å². The first-order chi connectivity index (χ1) is 19.2. The number of imidazole rings is 1. The smallest absolute Gasteiger partial charge is 0.407 e. The van der Waals surface area contributed by atoms with Gasteiger partial charge in [0, 0.05) is 38.3 Å². The predicted octanol–water partition coefficient (Wildman–Crippen LogP) is 3.55. The number of hydrogen-bond acceptors (Lipinski definition) is 7. The van der Waals surface area contributed by atoms with Gasteiger partial charge in [-0.3, -0.25) is 18.7 Å². The molecule has 0 aliphatic carbocycles. The van der Waals surface area contributed by atoms with Gasteiger partial charge in [0.15, 0.2) is 16.9 Å². The van der Waals surface area contributed by atoms with Gasteiger partial charge < -0.3 is 19.5 Å². The fourth-order valence-corrected chi connectivity index (χ4v) is 4.91. The Balaban J connectivity index is 1.75. The molecule has 0 spiro atoms. The summed E-state index contributed by atoms with van der Waals surface area (Å²) in [4.78, 5) is 59.4. The lowest BCUT2D eigenvalue weighted by Gasteiger charge is -2.34. The van der Waals surface area contributed by atoms with Gasteiger partial charge in [-0.1, -0.05) is 41.5 Å². The highest BCUT2D eigenvalue weighted by molar-refractivity contribution is 5.96. The molecule has 1 N–H and O–H groups in total.